The van der Waals surface area contributed by atoms with Crippen LogP contribution >= 0.6 is 35.1 Å². The molecule has 2 rings (SSSR count). The molecular formula is C7H8Cl2O4S2. The highest BCUT2D eigenvalue weighted by molar-refractivity contribution is 8.26. The number of allylic oxidation sites excluding steroid dienone is 2. The molecule has 1 aliphatic heterocycles. The molecule has 0 aromatic heterocycles. The van der Waals surface area contributed by atoms with Crippen molar-refractivity contribution in [1.82, 2.24) is 0 Å². The van der Waals surface area contributed by atoms with E-state index in [1.165, 1.54) is 0 Å². The number of hydrogen-bond donors (Lipinski definition) is 0. The van der Waals surface area contributed by atoms with Gasteiger partial charge < -0.3 is 0 Å². The van der Waals surface area contributed by atoms with Crippen LogP contribution in [0.25, 0.3) is 0 Å². The van der Waals surface area contributed by atoms with Gasteiger partial charge >= 0.3 is 3.72 Å². The smallest absolute Gasteiger partial charge is 0.183 e. The minimum Gasteiger partial charge on any atom is -0.183 e. The van der Waals surface area contributed by atoms with Gasteiger partial charge in [-0.3, -0.25) is 0 Å². The maximum Gasteiger partial charge on any atom is 0.398 e. The van der Waals surface area contributed by atoms with Crippen LogP contribution in [0.4, 0.5) is 0 Å². The minimum atomic E-state index is -4.48. The Morgan fingerprint density at radius 2 is 1.60 bits per heavy atom. The number of halogens is 2. The first-order chi connectivity index (χ1) is 6.88. The van der Waals surface area contributed by atoms with Crippen molar-refractivity contribution in [1.29, 1.82) is 0 Å². The van der Waals surface area contributed by atoms with Gasteiger partial charge in [0.2, 0.25) is 0 Å². The summed E-state index contributed by atoms with van der Waals surface area (Å²) in [6.45, 7) is 0. The number of alkyl halides is 1. The first-order valence-corrected chi connectivity index (χ1v) is 7.53. The van der Waals surface area contributed by atoms with Gasteiger partial charge in [0.25, 0.3) is 0 Å². The van der Waals surface area contributed by atoms with Crippen molar-refractivity contribution in [3.63, 3.8) is 0 Å². The number of rotatable bonds is 2. The van der Waals surface area contributed by atoms with E-state index in [1.807, 2.05) is 0 Å². The van der Waals surface area contributed by atoms with Crippen molar-refractivity contribution in [3.8, 4) is 0 Å². The Balaban J connectivity index is 2.04. The predicted octanol–water partition coefficient (Wildman–Crippen LogP) is 0.0160. The van der Waals surface area contributed by atoms with Crippen molar-refractivity contribution in [2.24, 2.45) is 0 Å². The number of hydrogen-bond acceptors (Lipinski definition) is 6. The summed E-state index contributed by atoms with van der Waals surface area (Å²) >= 11 is 8.15. The molecule has 0 radical (unpaired) electrons. The third-order valence-electron chi connectivity index (χ3n) is 2.05. The highest BCUT2D eigenvalue weighted by Crippen LogP contribution is 2.61. The average molecular weight is 291 g/mol. The molecule has 1 heterocycles. The quantitative estimate of drug-likeness (QED) is 0.667. The van der Waals surface area contributed by atoms with Gasteiger partial charge in [-0.25, -0.2) is 0 Å². The monoisotopic (exact) mass is 290 g/mol. The molecule has 15 heavy (non-hydrogen) atoms. The first kappa shape index (κ1) is 12.3. The van der Waals surface area contributed by atoms with E-state index in [1.54, 1.807) is 0 Å². The van der Waals surface area contributed by atoms with Crippen molar-refractivity contribution >= 4 is 35.1 Å². The highest BCUT2D eigenvalue weighted by atomic mass is 35.7. The third kappa shape index (κ3) is 3.17. The Hall–Kier alpha value is 0.860. The molecule has 0 amide bonds. The van der Waals surface area contributed by atoms with E-state index in [9.17, 15) is 14.0 Å². The summed E-state index contributed by atoms with van der Waals surface area (Å²) in [5.74, 6) is 0. The van der Waals surface area contributed by atoms with E-state index in [2.05, 4.69) is 4.29 Å². The minimum absolute atomic E-state index is 0.890. The number of thioether (sulfide) groups is 2. The lowest BCUT2D eigenvalue weighted by molar-refractivity contribution is -1.92. The molecule has 0 spiro atoms. The molecule has 0 saturated heterocycles. The largest absolute Gasteiger partial charge is 0.398 e. The molecule has 1 aliphatic carbocycles. The lowest BCUT2D eigenvalue weighted by Crippen LogP contribution is -2.62. The topological polar surface area (TPSA) is 78.4 Å². The van der Waals surface area contributed by atoms with E-state index in [-0.39, 0.29) is 0 Å². The van der Waals surface area contributed by atoms with Gasteiger partial charge in [0, 0.05) is 9.81 Å². The van der Waals surface area contributed by atoms with Gasteiger partial charge in [-0.15, -0.1) is 0 Å². The second kappa shape index (κ2) is 4.27. The molecule has 0 fully saturated rings. The third-order valence-corrected chi connectivity index (χ3v) is 5.95. The lowest BCUT2D eigenvalue weighted by atomic mass is 10.1. The summed E-state index contributed by atoms with van der Waals surface area (Å²) < 4.78 is 34.2. The van der Waals surface area contributed by atoms with E-state index < -0.39 is 14.0 Å². The van der Waals surface area contributed by atoms with Crippen LogP contribution in [-0.2, 0) is 4.29 Å². The predicted molar refractivity (Wildman–Crippen MR) is 50.3 cm³/mol. The van der Waals surface area contributed by atoms with Gasteiger partial charge in [0.15, 0.2) is 0 Å². The molecule has 0 N–H and O–H groups in total. The van der Waals surface area contributed by atoms with E-state index in [4.69, 9.17) is 11.6 Å². The van der Waals surface area contributed by atoms with Gasteiger partial charge in [0.05, 0.1) is 10.2 Å². The molecule has 0 unspecified atom stereocenters. The summed E-state index contributed by atoms with van der Waals surface area (Å²) in [6, 6.07) is 0. The second-order valence-electron chi connectivity index (χ2n) is 3.19. The fourth-order valence-corrected chi connectivity index (χ4v) is 5.77. The van der Waals surface area contributed by atoms with E-state index in [0.717, 1.165) is 59.0 Å². The van der Waals surface area contributed by atoms with Gasteiger partial charge in [-0.05, 0) is 60.8 Å². The van der Waals surface area contributed by atoms with Crippen LogP contribution in [0.15, 0.2) is 9.81 Å². The molecule has 0 aromatic carbocycles. The molecule has 2 aliphatic rings. The standard InChI is InChI=1S/C7H8Cl2O4S2/c8-7(13-9(10,11)12)14-5-3-1-2-4-6(5)15-7/h1-4H2. The summed E-state index contributed by atoms with van der Waals surface area (Å²) in [5, 5.41) is 0. The Morgan fingerprint density at radius 3 is 2.00 bits per heavy atom. The van der Waals surface area contributed by atoms with E-state index >= 15 is 0 Å². The van der Waals surface area contributed by atoms with Crippen LogP contribution in [0.2, 0.25) is 0 Å². The Morgan fingerprint density at radius 1 is 1.13 bits per heavy atom. The summed E-state index contributed by atoms with van der Waals surface area (Å²) in [5.41, 5.74) is 0. The zero-order valence-electron chi connectivity index (χ0n) is 7.53. The highest BCUT2D eigenvalue weighted by Gasteiger charge is 2.52. The molecule has 0 saturated carbocycles. The van der Waals surface area contributed by atoms with Crippen LogP contribution in [0, 0.1) is 10.2 Å². The zero-order valence-corrected chi connectivity index (χ0v) is 10.7. The summed E-state index contributed by atoms with van der Waals surface area (Å²) in [7, 11) is -4.48. The van der Waals surface area contributed by atoms with Crippen LogP contribution < -0.4 is 14.0 Å². The Bertz CT molecular complexity index is 284. The first-order valence-electron chi connectivity index (χ1n) is 4.28. The molecule has 8 heteroatoms. The molecular weight excluding hydrogens is 283 g/mol. The molecule has 86 valence electrons. The normalized spacial score (nSPS) is 25.6. The Kier molecular flexibility index (Phi) is 3.51. The van der Waals surface area contributed by atoms with Gasteiger partial charge in [0.1, 0.15) is 4.29 Å². The fourth-order valence-electron chi connectivity index (χ4n) is 1.53. The van der Waals surface area contributed by atoms with Crippen LogP contribution in [0.5, 0.6) is 0 Å². The fraction of sp³-hybridized carbons (Fsp3) is 0.714. The average Bonchev–Trinajstić information content (AvgIpc) is 2.35. The summed E-state index contributed by atoms with van der Waals surface area (Å²) in [6.07, 6.45) is 3.92. The second-order valence-corrected chi connectivity index (χ2v) is 7.89. The molecule has 4 nitrogen and oxygen atoms in total. The maximum atomic E-state index is 10.5. The molecule has 0 atom stereocenters. The van der Waals surface area contributed by atoms with Gasteiger partial charge in [-0.2, -0.15) is 14.0 Å². The lowest BCUT2D eigenvalue weighted by Gasteiger charge is -2.19. The Labute approximate surface area is 103 Å². The van der Waals surface area contributed by atoms with Crippen molar-refractivity contribution < 1.29 is 28.5 Å². The van der Waals surface area contributed by atoms with Crippen molar-refractivity contribution in [2.45, 2.75) is 29.4 Å². The zero-order chi connectivity index (χ0) is 11.1. The van der Waals surface area contributed by atoms with Gasteiger partial charge in [-0.1, -0.05) is 0 Å². The summed E-state index contributed by atoms with van der Waals surface area (Å²) in [4.78, 5) is 2.11. The van der Waals surface area contributed by atoms with Crippen molar-refractivity contribution in [2.75, 3.05) is 0 Å². The van der Waals surface area contributed by atoms with Crippen LogP contribution in [0.1, 0.15) is 25.7 Å². The maximum absolute atomic E-state index is 10.5. The van der Waals surface area contributed by atoms with Crippen LogP contribution in [-0.4, -0.2) is 3.72 Å². The van der Waals surface area contributed by atoms with Crippen molar-refractivity contribution in [3.05, 3.63) is 9.81 Å². The van der Waals surface area contributed by atoms with E-state index in [0.29, 0.717) is 0 Å². The molecule has 0 bridgehead atoms. The van der Waals surface area contributed by atoms with Crippen LogP contribution in [0.3, 0.4) is 0 Å². The SMILES string of the molecule is [O-][Cl+3]([O-])([O-])OC1(Cl)SC2=C(CCCC2)S1. The molecule has 0 aromatic rings.